The zero-order chi connectivity index (χ0) is 14.0. The van der Waals surface area contributed by atoms with E-state index < -0.39 is 10.2 Å². The minimum Gasteiger partial charge on any atom is -0.378 e. The lowest BCUT2D eigenvalue weighted by Gasteiger charge is -2.38. The SMILES string of the molecule is CN1CCN([C@H]2COC[C@@H]2NS(=O)(=O)N(C)C)CC1. The third-order valence-corrected chi connectivity index (χ3v) is 5.40. The molecule has 7 nitrogen and oxygen atoms in total. The van der Waals surface area contributed by atoms with Gasteiger partial charge in [-0.05, 0) is 7.05 Å². The van der Waals surface area contributed by atoms with Crippen LogP contribution in [0.4, 0.5) is 0 Å². The predicted octanol–water partition coefficient (Wildman–Crippen LogP) is -1.60. The van der Waals surface area contributed by atoms with E-state index in [1.165, 1.54) is 18.4 Å². The smallest absolute Gasteiger partial charge is 0.279 e. The van der Waals surface area contributed by atoms with Gasteiger partial charge in [0.2, 0.25) is 0 Å². The highest BCUT2D eigenvalue weighted by Crippen LogP contribution is 2.16. The average Bonchev–Trinajstić information content (AvgIpc) is 2.77. The maximum Gasteiger partial charge on any atom is 0.279 e. The van der Waals surface area contributed by atoms with Gasteiger partial charge in [-0.25, -0.2) is 0 Å². The average molecular weight is 292 g/mol. The first-order valence-electron chi connectivity index (χ1n) is 6.60. The maximum absolute atomic E-state index is 11.9. The van der Waals surface area contributed by atoms with E-state index in [2.05, 4.69) is 21.6 Å². The summed E-state index contributed by atoms with van der Waals surface area (Å²) in [6, 6.07) is -0.0146. The first kappa shape index (κ1) is 15.1. The molecule has 0 spiro atoms. The molecule has 2 aliphatic heterocycles. The van der Waals surface area contributed by atoms with Gasteiger partial charge in [0.15, 0.2) is 0 Å². The monoisotopic (exact) mass is 292 g/mol. The van der Waals surface area contributed by atoms with E-state index >= 15 is 0 Å². The maximum atomic E-state index is 11.9. The molecule has 2 rings (SSSR count). The van der Waals surface area contributed by atoms with Crippen molar-refractivity contribution in [3.63, 3.8) is 0 Å². The quantitative estimate of drug-likeness (QED) is 0.676. The van der Waals surface area contributed by atoms with Crippen molar-refractivity contribution in [2.45, 2.75) is 12.1 Å². The Balaban J connectivity index is 1.97. The Bertz CT molecular complexity index is 393. The van der Waals surface area contributed by atoms with Crippen molar-refractivity contribution in [2.75, 3.05) is 60.5 Å². The third-order valence-electron chi connectivity index (χ3n) is 3.84. The summed E-state index contributed by atoms with van der Waals surface area (Å²) in [5, 5.41) is 0. The molecule has 0 aromatic heterocycles. The predicted molar refractivity (Wildman–Crippen MR) is 73.2 cm³/mol. The number of rotatable bonds is 4. The van der Waals surface area contributed by atoms with Crippen LogP contribution < -0.4 is 4.72 Å². The highest BCUT2D eigenvalue weighted by atomic mass is 32.2. The summed E-state index contributed by atoms with van der Waals surface area (Å²) in [6.07, 6.45) is 0. The third kappa shape index (κ3) is 3.65. The molecule has 2 atom stereocenters. The minimum absolute atomic E-state index is 0.142. The van der Waals surface area contributed by atoms with Gasteiger partial charge in [-0.3, -0.25) is 4.90 Å². The zero-order valence-electron chi connectivity index (χ0n) is 11.9. The molecule has 8 heteroatoms. The Labute approximate surface area is 115 Å². The van der Waals surface area contributed by atoms with Crippen molar-refractivity contribution in [3.8, 4) is 0 Å². The van der Waals surface area contributed by atoms with Crippen molar-refractivity contribution in [2.24, 2.45) is 0 Å². The molecule has 0 aliphatic carbocycles. The van der Waals surface area contributed by atoms with Crippen LogP contribution in [0.3, 0.4) is 0 Å². The number of piperazine rings is 1. The topological polar surface area (TPSA) is 65.1 Å². The number of hydrogen-bond acceptors (Lipinski definition) is 5. The van der Waals surface area contributed by atoms with Gasteiger partial charge in [0.25, 0.3) is 10.2 Å². The van der Waals surface area contributed by atoms with Gasteiger partial charge in [0.05, 0.1) is 25.3 Å². The Morgan fingerprint density at radius 2 is 1.79 bits per heavy atom. The van der Waals surface area contributed by atoms with Gasteiger partial charge in [-0.1, -0.05) is 0 Å². The number of nitrogens with one attached hydrogen (secondary N) is 1. The van der Waals surface area contributed by atoms with Crippen molar-refractivity contribution >= 4 is 10.2 Å². The van der Waals surface area contributed by atoms with Crippen LogP contribution in [0.25, 0.3) is 0 Å². The van der Waals surface area contributed by atoms with Crippen LogP contribution in [0.5, 0.6) is 0 Å². The van der Waals surface area contributed by atoms with Crippen LogP contribution in [0.1, 0.15) is 0 Å². The summed E-state index contributed by atoms with van der Waals surface area (Å²) in [6.45, 7) is 5.01. The molecule has 0 unspecified atom stereocenters. The summed E-state index contributed by atoms with van der Waals surface area (Å²) < 4.78 is 33.2. The normalized spacial score (nSPS) is 31.2. The van der Waals surface area contributed by atoms with Crippen LogP contribution in [0.15, 0.2) is 0 Å². The van der Waals surface area contributed by atoms with Crippen molar-refractivity contribution in [1.29, 1.82) is 0 Å². The molecule has 2 saturated heterocycles. The lowest BCUT2D eigenvalue weighted by Crippen LogP contribution is -2.57. The fourth-order valence-electron chi connectivity index (χ4n) is 2.47. The molecule has 0 aromatic rings. The first-order chi connectivity index (χ1) is 8.90. The van der Waals surface area contributed by atoms with Gasteiger partial charge < -0.3 is 9.64 Å². The Morgan fingerprint density at radius 1 is 1.16 bits per heavy atom. The van der Waals surface area contributed by atoms with Crippen LogP contribution in [0.2, 0.25) is 0 Å². The Hall–Kier alpha value is -0.250. The Kier molecular flexibility index (Phi) is 4.80. The summed E-state index contributed by atoms with van der Waals surface area (Å²) in [4.78, 5) is 4.61. The fraction of sp³-hybridized carbons (Fsp3) is 1.00. The first-order valence-corrected chi connectivity index (χ1v) is 8.04. The van der Waals surface area contributed by atoms with Gasteiger partial charge in [-0.2, -0.15) is 17.4 Å². The number of ether oxygens (including phenoxy) is 1. The molecular formula is C11H24N4O3S. The highest BCUT2D eigenvalue weighted by molar-refractivity contribution is 7.87. The van der Waals surface area contributed by atoms with Gasteiger partial charge in [0.1, 0.15) is 0 Å². The minimum atomic E-state index is -3.40. The molecule has 1 N–H and O–H groups in total. The molecule has 2 heterocycles. The summed E-state index contributed by atoms with van der Waals surface area (Å²) in [5.74, 6) is 0. The molecule has 19 heavy (non-hydrogen) atoms. The molecule has 0 bridgehead atoms. The van der Waals surface area contributed by atoms with Gasteiger partial charge in [-0.15, -0.1) is 0 Å². The van der Waals surface area contributed by atoms with Gasteiger partial charge in [0, 0.05) is 40.3 Å². The van der Waals surface area contributed by atoms with E-state index in [0.29, 0.717) is 13.2 Å². The molecule has 2 fully saturated rings. The number of hydrogen-bond donors (Lipinski definition) is 1. The second kappa shape index (κ2) is 6.02. The van der Waals surface area contributed by atoms with E-state index in [9.17, 15) is 8.42 Å². The van der Waals surface area contributed by atoms with Crippen LogP contribution >= 0.6 is 0 Å². The highest BCUT2D eigenvalue weighted by Gasteiger charge is 2.36. The van der Waals surface area contributed by atoms with Crippen molar-refractivity contribution in [1.82, 2.24) is 18.8 Å². The molecule has 0 amide bonds. The van der Waals surface area contributed by atoms with Crippen molar-refractivity contribution in [3.05, 3.63) is 0 Å². The molecular weight excluding hydrogens is 268 g/mol. The van der Waals surface area contributed by atoms with Crippen LogP contribution in [-0.2, 0) is 14.9 Å². The van der Waals surface area contributed by atoms with Crippen LogP contribution in [-0.4, -0.2) is 95.1 Å². The summed E-state index contributed by atoms with van der Waals surface area (Å²) in [7, 11) is 1.77. The van der Waals surface area contributed by atoms with Crippen LogP contribution in [0, 0.1) is 0 Å². The van der Waals surface area contributed by atoms with E-state index in [1.54, 1.807) is 0 Å². The lowest BCUT2D eigenvalue weighted by molar-refractivity contribution is 0.0929. The lowest BCUT2D eigenvalue weighted by atomic mass is 10.1. The number of nitrogens with zero attached hydrogens (tertiary/aromatic N) is 3. The summed E-state index contributed by atoms with van der Waals surface area (Å²) in [5.41, 5.74) is 0. The molecule has 0 aromatic carbocycles. The van der Waals surface area contributed by atoms with E-state index in [0.717, 1.165) is 26.2 Å². The van der Waals surface area contributed by atoms with E-state index in [-0.39, 0.29) is 12.1 Å². The van der Waals surface area contributed by atoms with Crippen molar-refractivity contribution < 1.29 is 13.2 Å². The fourth-order valence-corrected chi connectivity index (χ4v) is 3.28. The van der Waals surface area contributed by atoms with E-state index in [4.69, 9.17) is 4.74 Å². The Morgan fingerprint density at radius 3 is 2.37 bits per heavy atom. The largest absolute Gasteiger partial charge is 0.378 e. The number of likely N-dealkylation sites (N-methyl/N-ethyl adjacent to an activating group) is 1. The molecule has 0 saturated carbocycles. The standard InChI is InChI=1S/C11H24N4O3S/c1-13(2)19(16,17)12-10-8-18-9-11(10)15-6-4-14(3)5-7-15/h10-12H,4-9H2,1-3H3/t10-,11-/m0/s1. The second-order valence-corrected chi connectivity index (χ2v) is 7.37. The summed E-state index contributed by atoms with van der Waals surface area (Å²) >= 11 is 0. The zero-order valence-corrected chi connectivity index (χ0v) is 12.7. The molecule has 0 radical (unpaired) electrons. The molecule has 112 valence electrons. The molecule has 2 aliphatic rings. The van der Waals surface area contributed by atoms with Gasteiger partial charge >= 0.3 is 0 Å². The second-order valence-electron chi connectivity index (χ2n) is 5.46. The van der Waals surface area contributed by atoms with E-state index in [1.807, 2.05) is 0 Å².